The summed E-state index contributed by atoms with van der Waals surface area (Å²) in [5.74, 6) is 0. The smallest absolute Gasteiger partial charge is 0.152 e. The summed E-state index contributed by atoms with van der Waals surface area (Å²) < 4.78 is 23.4. The first-order chi connectivity index (χ1) is 7.98. The minimum Gasteiger partial charge on any atom is -0.381 e. The Morgan fingerprint density at radius 2 is 1.94 bits per heavy atom. The Balaban J connectivity index is 2.17. The minimum atomic E-state index is -2.95. The van der Waals surface area contributed by atoms with Crippen LogP contribution in [-0.4, -0.2) is 26.0 Å². The quantitative estimate of drug-likeness (QED) is 0.899. The van der Waals surface area contributed by atoms with Crippen molar-refractivity contribution in [2.24, 2.45) is 0 Å². The molecular weight excluding hydrogens is 234 g/mol. The Hall–Kier alpha value is -1.03. The third kappa shape index (κ3) is 2.80. The molecule has 1 aromatic carbocycles. The van der Waals surface area contributed by atoms with Crippen LogP contribution < -0.4 is 5.32 Å². The second-order valence-corrected chi connectivity index (χ2v) is 7.13. The van der Waals surface area contributed by atoms with Gasteiger partial charge in [-0.05, 0) is 37.8 Å². The number of benzene rings is 1. The summed E-state index contributed by atoms with van der Waals surface area (Å²) >= 11 is 0. The van der Waals surface area contributed by atoms with Crippen molar-refractivity contribution in [2.75, 3.05) is 11.6 Å². The van der Waals surface area contributed by atoms with Gasteiger partial charge in [-0.2, -0.15) is 0 Å². The van der Waals surface area contributed by atoms with Crippen molar-refractivity contribution in [1.82, 2.24) is 0 Å². The lowest BCUT2D eigenvalue weighted by Gasteiger charge is -2.21. The number of nitrogens with one attached hydrogen (secondary N) is 1. The summed E-state index contributed by atoms with van der Waals surface area (Å²) in [7, 11) is -2.95. The largest absolute Gasteiger partial charge is 0.381 e. The Morgan fingerprint density at radius 3 is 2.59 bits per heavy atom. The highest BCUT2D eigenvalue weighted by Crippen LogP contribution is 2.28. The molecule has 0 aromatic heterocycles. The SMILES string of the molecule is Cc1ccccc1NC1CCCC1S(C)(=O)=O. The second-order valence-electron chi connectivity index (χ2n) is 4.86. The zero-order valence-electron chi connectivity index (χ0n) is 10.3. The average Bonchev–Trinajstić information content (AvgIpc) is 2.69. The Kier molecular flexibility index (Phi) is 3.43. The normalized spacial score (nSPS) is 24.8. The molecule has 1 aliphatic rings. The van der Waals surface area contributed by atoms with Crippen molar-refractivity contribution in [3.05, 3.63) is 29.8 Å². The van der Waals surface area contributed by atoms with Gasteiger partial charge in [0.1, 0.15) is 0 Å². The third-order valence-electron chi connectivity index (χ3n) is 3.49. The molecular formula is C13H19NO2S. The van der Waals surface area contributed by atoms with E-state index >= 15 is 0 Å². The molecule has 1 saturated carbocycles. The fourth-order valence-electron chi connectivity index (χ4n) is 2.54. The molecule has 0 radical (unpaired) electrons. The lowest BCUT2D eigenvalue weighted by molar-refractivity contribution is 0.579. The molecule has 0 heterocycles. The van der Waals surface area contributed by atoms with Gasteiger partial charge >= 0.3 is 0 Å². The Labute approximate surface area is 103 Å². The van der Waals surface area contributed by atoms with Crippen LogP contribution in [0.4, 0.5) is 5.69 Å². The van der Waals surface area contributed by atoms with Crippen molar-refractivity contribution < 1.29 is 8.42 Å². The van der Waals surface area contributed by atoms with Gasteiger partial charge < -0.3 is 5.32 Å². The molecule has 0 saturated heterocycles. The molecule has 1 N–H and O–H groups in total. The van der Waals surface area contributed by atoms with Crippen LogP contribution in [0.1, 0.15) is 24.8 Å². The summed E-state index contributed by atoms with van der Waals surface area (Å²) in [4.78, 5) is 0. The van der Waals surface area contributed by atoms with E-state index in [9.17, 15) is 8.42 Å². The molecule has 2 atom stereocenters. The topological polar surface area (TPSA) is 46.2 Å². The van der Waals surface area contributed by atoms with Crippen LogP contribution in [0.5, 0.6) is 0 Å². The van der Waals surface area contributed by atoms with E-state index in [4.69, 9.17) is 0 Å². The molecule has 94 valence electrons. The van der Waals surface area contributed by atoms with Gasteiger partial charge in [0.25, 0.3) is 0 Å². The first kappa shape index (κ1) is 12.4. The van der Waals surface area contributed by atoms with E-state index in [0.717, 1.165) is 30.5 Å². The maximum atomic E-state index is 11.7. The van der Waals surface area contributed by atoms with Crippen molar-refractivity contribution in [3.63, 3.8) is 0 Å². The standard InChI is InChI=1S/C13H19NO2S/c1-10-6-3-4-7-11(10)14-12-8-5-9-13(12)17(2,15)16/h3-4,6-7,12-14H,5,8-9H2,1-2H3. The van der Waals surface area contributed by atoms with E-state index in [-0.39, 0.29) is 11.3 Å². The predicted molar refractivity (Wildman–Crippen MR) is 71.1 cm³/mol. The van der Waals surface area contributed by atoms with Gasteiger partial charge in [-0.25, -0.2) is 8.42 Å². The van der Waals surface area contributed by atoms with E-state index < -0.39 is 9.84 Å². The molecule has 1 aliphatic carbocycles. The van der Waals surface area contributed by atoms with Crippen LogP contribution in [0, 0.1) is 6.92 Å². The Morgan fingerprint density at radius 1 is 1.24 bits per heavy atom. The fraction of sp³-hybridized carbons (Fsp3) is 0.538. The number of hydrogen-bond donors (Lipinski definition) is 1. The summed E-state index contributed by atoms with van der Waals surface area (Å²) in [6.45, 7) is 2.03. The summed E-state index contributed by atoms with van der Waals surface area (Å²) in [6, 6.07) is 8.06. The van der Waals surface area contributed by atoms with Gasteiger partial charge in [0.15, 0.2) is 9.84 Å². The monoisotopic (exact) mass is 253 g/mol. The molecule has 1 fully saturated rings. The number of aryl methyl sites for hydroxylation is 1. The maximum Gasteiger partial charge on any atom is 0.152 e. The maximum absolute atomic E-state index is 11.7. The molecule has 1 aromatic rings. The Bertz CT molecular complexity index is 496. The van der Waals surface area contributed by atoms with E-state index in [1.807, 2.05) is 31.2 Å². The van der Waals surface area contributed by atoms with Crippen LogP contribution in [0.15, 0.2) is 24.3 Å². The average molecular weight is 253 g/mol. The van der Waals surface area contributed by atoms with Crippen LogP contribution in [-0.2, 0) is 9.84 Å². The van der Waals surface area contributed by atoms with Gasteiger partial charge in [-0.3, -0.25) is 0 Å². The number of anilines is 1. The highest BCUT2D eigenvalue weighted by molar-refractivity contribution is 7.91. The van der Waals surface area contributed by atoms with Crippen LogP contribution in [0.3, 0.4) is 0 Å². The van der Waals surface area contributed by atoms with Crippen molar-refractivity contribution in [2.45, 2.75) is 37.5 Å². The molecule has 17 heavy (non-hydrogen) atoms. The van der Waals surface area contributed by atoms with E-state index in [0.29, 0.717) is 0 Å². The minimum absolute atomic E-state index is 0.0612. The number of rotatable bonds is 3. The molecule has 3 nitrogen and oxygen atoms in total. The molecule has 2 rings (SSSR count). The van der Waals surface area contributed by atoms with Crippen molar-refractivity contribution in [3.8, 4) is 0 Å². The third-order valence-corrected chi connectivity index (χ3v) is 5.15. The van der Waals surface area contributed by atoms with E-state index in [1.165, 1.54) is 6.26 Å². The highest BCUT2D eigenvalue weighted by Gasteiger charge is 2.34. The molecule has 0 aliphatic heterocycles. The molecule has 0 bridgehead atoms. The van der Waals surface area contributed by atoms with Gasteiger partial charge in [-0.1, -0.05) is 18.2 Å². The summed E-state index contributed by atoms with van der Waals surface area (Å²) in [5.41, 5.74) is 2.21. The van der Waals surface area contributed by atoms with Crippen molar-refractivity contribution in [1.29, 1.82) is 0 Å². The lowest BCUT2D eigenvalue weighted by atomic mass is 10.1. The van der Waals surface area contributed by atoms with Gasteiger partial charge in [0.05, 0.1) is 5.25 Å². The van der Waals surface area contributed by atoms with Crippen LogP contribution in [0.25, 0.3) is 0 Å². The number of sulfone groups is 1. The molecule has 2 unspecified atom stereocenters. The number of para-hydroxylation sites is 1. The first-order valence-electron chi connectivity index (χ1n) is 5.99. The number of hydrogen-bond acceptors (Lipinski definition) is 3. The van der Waals surface area contributed by atoms with Crippen LogP contribution >= 0.6 is 0 Å². The van der Waals surface area contributed by atoms with Crippen molar-refractivity contribution >= 4 is 15.5 Å². The summed E-state index contributed by atoms with van der Waals surface area (Å²) in [5, 5.41) is 3.15. The fourth-order valence-corrected chi connectivity index (χ4v) is 3.93. The van der Waals surface area contributed by atoms with Gasteiger partial charge in [-0.15, -0.1) is 0 Å². The zero-order chi connectivity index (χ0) is 12.5. The second kappa shape index (κ2) is 4.69. The lowest BCUT2D eigenvalue weighted by Crippen LogP contribution is -2.34. The molecule has 0 spiro atoms. The van der Waals surface area contributed by atoms with E-state index in [1.54, 1.807) is 0 Å². The predicted octanol–water partition coefficient (Wildman–Crippen LogP) is 2.37. The van der Waals surface area contributed by atoms with E-state index in [2.05, 4.69) is 5.32 Å². The molecule has 0 amide bonds. The summed E-state index contributed by atoms with van der Waals surface area (Å²) in [6.07, 6.45) is 4.05. The molecule has 4 heteroatoms. The first-order valence-corrected chi connectivity index (χ1v) is 7.95. The van der Waals surface area contributed by atoms with Gasteiger partial charge in [0.2, 0.25) is 0 Å². The zero-order valence-corrected chi connectivity index (χ0v) is 11.1. The van der Waals surface area contributed by atoms with Gasteiger partial charge in [0, 0.05) is 18.0 Å². The highest BCUT2D eigenvalue weighted by atomic mass is 32.2. The van der Waals surface area contributed by atoms with Crippen LogP contribution in [0.2, 0.25) is 0 Å².